The highest BCUT2D eigenvalue weighted by Gasteiger charge is 2.26. The molecule has 0 saturated heterocycles. The van der Waals surface area contributed by atoms with Crippen molar-refractivity contribution in [1.29, 1.82) is 0 Å². The number of benzene rings is 1. The van der Waals surface area contributed by atoms with Crippen molar-refractivity contribution in [1.82, 2.24) is 5.32 Å². The predicted molar refractivity (Wildman–Crippen MR) is 85.4 cm³/mol. The number of aliphatic carboxylic acids is 1. The lowest BCUT2D eigenvalue weighted by molar-refractivity contribution is -0.145. The Kier molecular flexibility index (Phi) is 5.95. The van der Waals surface area contributed by atoms with E-state index >= 15 is 0 Å². The molecule has 1 aliphatic rings. The Morgan fingerprint density at radius 3 is 2.71 bits per heavy atom. The Morgan fingerprint density at radius 2 is 2.00 bits per heavy atom. The summed E-state index contributed by atoms with van der Waals surface area (Å²) in [6.45, 7) is -0.262. The van der Waals surface area contributed by atoms with Crippen molar-refractivity contribution in [3.8, 4) is 0 Å². The Morgan fingerprint density at radius 1 is 1.29 bits per heavy atom. The van der Waals surface area contributed by atoms with Crippen LogP contribution < -0.4 is 10.6 Å². The Labute approximate surface area is 129 Å². The third-order valence-corrected chi connectivity index (χ3v) is 3.69. The van der Waals surface area contributed by atoms with E-state index in [9.17, 15) is 4.79 Å². The van der Waals surface area contributed by atoms with Gasteiger partial charge in [-0.1, -0.05) is 31.0 Å². The number of nitrogens with one attached hydrogen (secondary N) is 2. The van der Waals surface area contributed by atoms with Gasteiger partial charge in [-0.3, -0.25) is 0 Å². The fourth-order valence-corrected chi connectivity index (χ4v) is 2.77. The lowest BCUT2D eigenvalue weighted by Gasteiger charge is -2.32. The van der Waals surface area contributed by atoms with Crippen LogP contribution in [0.15, 0.2) is 30.3 Å². The minimum atomic E-state index is -0.940. The second kappa shape index (κ2) is 7.95. The summed E-state index contributed by atoms with van der Waals surface area (Å²) in [5, 5.41) is 15.6. The third kappa shape index (κ3) is 5.32. The third-order valence-electron chi connectivity index (χ3n) is 3.47. The molecule has 1 aromatic carbocycles. The number of hydrogen-bond donors (Lipinski definition) is 3. The molecular weight excluding hydrogens is 288 g/mol. The molecule has 0 bridgehead atoms. The maximum absolute atomic E-state index is 10.6. The smallest absolute Gasteiger partial charge is 0.329 e. The zero-order chi connectivity index (χ0) is 15.1. The van der Waals surface area contributed by atoms with E-state index < -0.39 is 5.97 Å². The fraction of sp³-hybridized carbons (Fsp3) is 0.467. The number of ether oxygens (including phenoxy) is 1. The average molecular weight is 308 g/mol. The first-order valence-corrected chi connectivity index (χ1v) is 7.52. The standard InChI is InChI=1S/C15H20N2O3S/c18-14(19)10-20-13-9-5-4-8-12(13)17-15(21)16-11-6-2-1-3-7-11/h1-3,6-7,12-13H,4-5,8-10H2,(H,18,19)(H2,16,17,21)/t12-,13-/m1/s1. The molecule has 5 nitrogen and oxygen atoms in total. The summed E-state index contributed by atoms with van der Waals surface area (Å²) < 4.78 is 5.46. The van der Waals surface area contributed by atoms with Gasteiger partial charge in [0.25, 0.3) is 0 Å². The minimum Gasteiger partial charge on any atom is -0.480 e. The summed E-state index contributed by atoms with van der Waals surface area (Å²) in [5.41, 5.74) is 0.925. The summed E-state index contributed by atoms with van der Waals surface area (Å²) in [6, 6.07) is 9.75. The first-order valence-electron chi connectivity index (χ1n) is 7.11. The number of hydrogen-bond acceptors (Lipinski definition) is 3. The maximum Gasteiger partial charge on any atom is 0.329 e. The lowest BCUT2D eigenvalue weighted by atomic mass is 9.92. The predicted octanol–water partition coefficient (Wildman–Crippen LogP) is 2.39. The van der Waals surface area contributed by atoms with Gasteiger partial charge in [-0.2, -0.15) is 0 Å². The molecule has 0 aromatic heterocycles. The molecular formula is C15H20N2O3S. The van der Waals surface area contributed by atoms with Crippen LogP contribution in [0.1, 0.15) is 25.7 Å². The van der Waals surface area contributed by atoms with Crippen LogP contribution >= 0.6 is 12.2 Å². The first-order chi connectivity index (χ1) is 10.1. The van der Waals surface area contributed by atoms with E-state index in [0.717, 1.165) is 31.4 Å². The molecule has 6 heteroatoms. The minimum absolute atomic E-state index is 0.0572. The molecule has 21 heavy (non-hydrogen) atoms. The van der Waals surface area contributed by atoms with Crippen molar-refractivity contribution >= 4 is 29.0 Å². The SMILES string of the molecule is O=C(O)CO[C@@H]1CCCC[C@H]1NC(=S)Nc1ccccc1. The molecule has 1 aliphatic carbocycles. The molecule has 114 valence electrons. The number of carboxylic acid groups (broad SMARTS) is 1. The Hall–Kier alpha value is -1.66. The van der Waals surface area contributed by atoms with E-state index in [1.54, 1.807) is 0 Å². The second-order valence-corrected chi connectivity index (χ2v) is 5.51. The molecule has 0 radical (unpaired) electrons. The zero-order valence-electron chi connectivity index (χ0n) is 11.7. The number of carboxylic acids is 1. The Bertz CT molecular complexity index is 481. The second-order valence-electron chi connectivity index (χ2n) is 5.10. The van der Waals surface area contributed by atoms with Crippen LogP contribution in [0.3, 0.4) is 0 Å². The number of carbonyl (C=O) groups is 1. The van der Waals surface area contributed by atoms with E-state index in [-0.39, 0.29) is 18.8 Å². The van der Waals surface area contributed by atoms with Crippen LogP contribution in [0.4, 0.5) is 5.69 Å². The molecule has 0 unspecified atom stereocenters. The van der Waals surface area contributed by atoms with E-state index in [1.807, 2.05) is 30.3 Å². The van der Waals surface area contributed by atoms with Gasteiger partial charge in [-0.15, -0.1) is 0 Å². The molecule has 2 atom stereocenters. The lowest BCUT2D eigenvalue weighted by Crippen LogP contribution is -2.48. The van der Waals surface area contributed by atoms with Crippen LogP contribution in [0.25, 0.3) is 0 Å². The van der Waals surface area contributed by atoms with Crippen LogP contribution in [-0.2, 0) is 9.53 Å². The number of rotatable bonds is 5. The van der Waals surface area contributed by atoms with Gasteiger partial charge in [-0.25, -0.2) is 4.79 Å². The highest BCUT2D eigenvalue weighted by atomic mass is 32.1. The number of anilines is 1. The van der Waals surface area contributed by atoms with Crippen LogP contribution in [0.2, 0.25) is 0 Å². The van der Waals surface area contributed by atoms with Gasteiger partial charge in [-0.05, 0) is 37.2 Å². The van der Waals surface area contributed by atoms with E-state index in [1.165, 1.54) is 0 Å². The summed E-state index contributed by atoms with van der Waals surface area (Å²) in [4.78, 5) is 10.6. The summed E-state index contributed by atoms with van der Waals surface area (Å²) in [6.07, 6.45) is 3.84. The van der Waals surface area contributed by atoms with E-state index in [0.29, 0.717) is 5.11 Å². The quantitative estimate of drug-likeness (QED) is 0.726. The number of thiocarbonyl (C=S) groups is 1. The summed E-state index contributed by atoms with van der Waals surface area (Å²) in [7, 11) is 0. The largest absolute Gasteiger partial charge is 0.480 e. The summed E-state index contributed by atoms with van der Waals surface area (Å²) >= 11 is 5.31. The first kappa shape index (κ1) is 15.7. The van der Waals surface area contributed by atoms with Crippen LogP contribution in [0.5, 0.6) is 0 Å². The van der Waals surface area contributed by atoms with Crippen LogP contribution in [0, 0.1) is 0 Å². The molecule has 2 rings (SSSR count). The van der Waals surface area contributed by atoms with E-state index in [4.69, 9.17) is 22.1 Å². The maximum atomic E-state index is 10.6. The highest BCUT2D eigenvalue weighted by Crippen LogP contribution is 2.21. The van der Waals surface area contributed by atoms with Crippen molar-refractivity contribution in [3.63, 3.8) is 0 Å². The average Bonchev–Trinajstić information content (AvgIpc) is 2.47. The van der Waals surface area contributed by atoms with Crippen LogP contribution in [-0.4, -0.2) is 34.9 Å². The molecule has 1 saturated carbocycles. The molecule has 0 amide bonds. The summed E-state index contributed by atoms with van der Waals surface area (Å²) in [5.74, 6) is -0.940. The van der Waals surface area contributed by atoms with Gasteiger partial charge in [0.05, 0.1) is 12.1 Å². The zero-order valence-corrected chi connectivity index (χ0v) is 12.6. The van der Waals surface area contributed by atoms with Crippen molar-refractivity contribution in [3.05, 3.63) is 30.3 Å². The Balaban J connectivity index is 1.86. The topological polar surface area (TPSA) is 70.6 Å². The molecule has 0 aliphatic heterocycles. The molecule has 1 aromatic rings. The van der Waals surface area contributed by atoms with Crippen molar-refractivity contribution in [2.24, 2.45) is 0 Å². The van der Waals surface area contributed by atoms with Gasteiger partial charge in [0.2, 0.25) is 0 Å². The normalized spacial score (nSPS) is 21.5. The molecule has 1 fully saturated rings. The molecule has 0 spiro atoms. The monoisotopic (exact) mass is 308 g/mol. The van der Waals surface area contributed by atoms with E-state index in [2.05, 4.69) is 10.6 Å². The number of para-hydroxylation sites is 1. The van der Waals surface area contributed by atoms with Crippen molar-refractivity contribution < 1.29 is 14.6 Å². The van der Waals surface area contributed by atoms with Crippen molar-refractivity contribution in [2.75, 3.05) is 11.9 Å². The fourth-order valence-electron chi connectivity index (χ4n) is 2.50. The molecule has 3 N–H and O–H groups in total. The van der Waals surface area contributed by atoms with Gasteiger partial charge >= 0.3 is 5.97 Å². The highest BCUT2D eigenvalue weighted by molar-refractivity contribution is 7.80. The molecule has 0 heterocycles. The van der Waals surface area contributed by atoms with Gasteiger partial charge in [0.1, 0.15) is 6.61 Å². The van der Waals surface area contributed by atoms with Crippen molar-refractivity contribution in [2.45, 2.75) is 37.8 Å². The van der Waals surface area contributed by atoms with Gasteiger partial charge < -0.3 is 20.5 Å². The van der Waals surface area contributed by atoms with Gasteiger partial charge in [0.15, 0.2) is 5.11 Å². The van der Waals surface area contributed by atoms with Gasteiger partial charge in [0, 0.05) is 5.69 Å².